The van der Waals surface area contributed by atoms with Crippen LogP contribution in [0, 0.1) is 0 Å². The van der Waals surface area contributed by atoms with Gasteiger partial charge in [-0.3, -0.25) is 9.59 Å². The van der Waals surface area contributed by atoms with E-state index >= 15 is 0 Å². The summed E-state index contributed by atoms with van der Waals surface area (Å²) in [5, 5.41) is 0. The predicted molar refractivity (Wildman–Crippen MR) is 41.2 cm³/mol. The molecule has 0 aromatic rings. The lowest BCUT2D eigenvalue weighted by Crippen LogP contribution is -2.15. The van der Waals surface area contributed by atoms with Gasteiger partial charge in [-0.05, 0) is 15.9 Å². The van der Waals surface area contributed by atoms with Crippen molar-refractivity contribution in [3.63, 3.8) is 0 Å². The standard InChI is InChI=1S/C3H3BrF2O.C3H4F2O/c1-2(7)3(4,5)6;1-2(6)3(4)5/h1H3;3H,1H3. The SMILES string of the molecule is CC(=O)C(F)(F)Br.CC(=O)C(F)F. The van der Waals surface area contributed by atoms with E-state index in [4.69, 9.17) is 0 Å². The summed E-state index contributed by atoms with van der Waals surface area (Å²) in [4.78, 5) is 15.7. The third-order valence-corrected chi connectivity index (χ3v) is 1.26. The minimum absolute atomic E-state index is 0.814. The molecule has 0 saturated carbocycles. The van der Waals surface area contributed by atoms with Crippen molar-refractivity contribution < 1.29 is 27.2 Å². The van der Waals surface area contributed by atoms with E-state index in [0.717, 1.165) is 13.8 Å². The summed E-state index contributed by atoms with van der Waals surface area (Å²) < 4.78 is 44.4. The van der Waals surface area contributed by atoms with Crippen molar-refractivity contribution in [3.8, 4) is 0 Å². The maximum atomic E-state index is 11.4. The molecular weight excluding hydrogens is 260 g/mol. The molecular formula is C6H7BrF4O2. The van der Waals surface area contributed by atoms with Gasteiger partial charge in [0.15, 0.2) is 5.78 Å². The molecule has 0 heterocycles. The molecule has 0 amide bonds. The van der Waals surface area contributed by atoms with Crippen LogP contribution >= 0.6 is 15.9 Å². The molecule has 7 heteroatoms. The molecule has 0 bridgehead atoms. The van der Waals surface area contributed by atoms with E-state index in [9.17, 15) is 27.2 Å². The van der Waals surface area contributed by atoms with Gasteiger partial charge in [-0.1, -0.05) is 0 Å². The Hall–Kier alpha value is -0.460. The summed E-state index contributed by atoms with van der Waals surface area (Å²) >= 11 is 1.86. The van der Waals surface area contributed by atoms with Crippen molar-refractivity contribution in [1.29, 1.82) is 0 Å². The lowest BCUT2D eigenvalue weighted by molar-refractivity contribution is -0.129. The van der Waals surface area contributed by atoms with Gasteiger partial charge in [-0.25, -0.2) is 8.78 Å². The molecule has 0 aromatic heterocycles. The van der Waals surface area contributed by atoms with Crippen LogP contribution in [0.1, 0.15) is 13.8 Å². The Morgan fingerprint density at radius 2 is 1.38 bits per heavy atom. The zero-order chi connectivity index (χ0) is 11.2. The highest BCUT2D eigenvalue weighted by Crippen LogP contribution is 2.21. The van der Waals surface area contributed by atoms with Gasteiger partial charge in [0, 0.05) is 13.8 Å². The van der Waals surface area contributed by atoms with Gasteiger partial charge in [0.2, 0.25) is 5.78 Å². The van der Waals surface area contributed by atoms with Crippen LogP contribution in [0.2, 0.25) is 0 Å². The summed E-state index contributed by atoms with van der Waals surface area (Å²) in [6, 6.07) is 0. The Morgan fingerprint density at radius 1 is 1.23 bits per heavy atom. The number of alkyl halides is 5. The molecule has 0 saturated heterocycles. The van der Waals surface area contributed by atoms with Gasteiger partial charge >= 0.3 is 4.83 Å². The van der Waals surface area contributed by atoms with E-state index < -0.39 is 22.8 Å². The highest BCUT2D eigenvalue weighted by atomic mass is 79.9. The Bertz CT molecular complexity index is 188. The minimum Gasteiger partial charge on any atom is -0.294 e. The zero-order valence-electron chi connectivity index (χ0n) is 6.78. The predicted octanol–water partition coefficient (Wildman–Crippen LogP) is 2.40. The van der Waals surface area contributed by atoms with E-state index in [0.29, 0.717) is 0 Å². The van der Waals surface area contributed by atoms with Gasteiger partial charge < -0.3 is 0 Å². The molecule has 0 atom stereocenters. The van der Waals surface area contributed by atoms with Crippen molar-refractivity contribution in [3.05, 3.63) is 0 Å². The summed E-state index contributed by atoms with van der Waals surface area (Å²) in [6.45, 7) is 1.67. The van der Waals surface area contributed by atoms with Crippen molar-refractivity contribution in [2.24, 2.45) is 0 Å². The lowest BCUT2D eigenvalue weighted by Gasteiger charge is -1.98. The molecule has 0 fully saturated rings. The van der Waals surface area contributed by atoms with Gasteiger partial charge in [-0.15, -0.1) is 0 Å². The maximum Gasteiger partial charge on any atom is 0.358 e. The Kier molecular flexibility index (Phi) is 7.01. The molecule has 0 rings (SSSR count). The number of halogens is 5. The summed E-state index contributed by atoms with van der Waals surface area (Å²) in [5.74, 6) is -2.25. The number of rotatable bonds is 2. The average Bonchev–Trinajstić information content (AvgIpc) is 1.86. The van der Waals surface area contributed by atoms with Gasteiger partial charge in [0.1, 0.15) is 0 Å². The number of hydrogen-bond donors (Lipinski definition) is 0. The summed E-state index contributed by atoms with van der Waals surface area (Å²) in [6.07, 6.45) is -2.79. The molecule has 0 aromatic carbocycles. The summed E-state index contributed by atoms with van der Waals surface area (Å²) in [7, 11) is 0. The lowest BCUT2D eigenvalue weighted by atomic mass is 10.5. The van der Waals surface area contributed by atoms with Crippen LogP contribution in [0.15, 0.2) is 0 Å². The molecule has 0 aliphatic rings. The normalized spacial score (nSPS) is 10.5. The van der Waals surface area contributed by atoms with Crippen LogP contribution in [0.5, 0.6) is 0 Å². The fraction of sp³-hybridized carbons (Fsp3) is 0.667. The first-order valence-corrected chi connectivity index (χ1v) is 3.74. The highest BCUT2D eigenvalue weighted by molar-refractivity contribution is 9.10. The number of hydrogen-bond acceptors (Lipinski definition) is 2. The van der Waals surface area contributed by atoms with Crippen LogP contribution in [0.4, 0.5) is 17.6 Å². The maximum absolute atomic E-state index is 11.4. The smallest absolute Gasteiger partial charge is 0.294 e. The molecule has 0 N–H and O–H groups in total. The monoisotopic (exact) mass is 266 g/mol. The molecule has 0 spiro atoms. The van der Waals surface area contributed by atoms with Crippen LogP contribution in [0.3, 0.4) is 0 Å². The largest absolute Gasteiger partial charge is 0.358 e. The fourth-order valence-corrected chi connectivity index (χ4v) is 0. The van der Waals surface area contributed by atoms with Crippen molar-refractivity contribution >= 4 is 27.5 Å². The Labute approximate surface area is 80.4 Å². The fourth-order valence-electron chi connectivity index (χ4n) is 0. The van der Waals surface area contributed by atoms with E-state index in [1.165, 1.54) is 0 Å². The van der Waals surface area contributed by atoms with Crippen LogP contribution in [-0.2, 0) is 9.59 Å². The summed E-state index contributed by atoms with van der Waals surface area (Å²) in [5.41, 5.74) is 0. The second kappa shape index (κ2) is 6.06. The molecule has 13 heavy (non-hydrogen) atoms. The Balaban J connectivity index is 0. The first kappa shape index (κ1) is 15.0. The van der Waals surface area contributed by atoms with Crippen molar-refractivity contribution in [2.75, 3.05) is 0 Å². The number of ketones is 2. The highest BCUT2D eigenvalue weighted by Gasteiger charge is 2.29. The molecule has 78 valence electrons. The van der Waals surface area contributed by atoms with E-state index in [1.54, 1.807) is 0 Å². The third kappa shape index (κ3) is 11.5. The third-order valence-electron chi connectivity index (χ3n) is 0.707. The van der Waals surface area contributed by atoms with E-state index in [-0.39, 0.29) is 0 Å². The zero-order valence-corrected chi connectivity index (χ0v) is 8.37. The molecule has 0 aliphatic carbocycles. The van der Waals surface area contributed by atoms with Gasteiger partial charge in [0.25, 0.3) is 6.43 Å². The van der Waals surface area contributed by atoms with E-state index in [2.05, 4.69) is 0 Å². The minimum atomic E-state index is -3.33. The van der Waals surface area contributed by atoms with Crippen molar-refractivity contribution in [1.82, 2.24) is 0 Å². The molecule has 0 unspecified atom stereocenters. The first-order chi connectivity index (χ1) is 5.59. The molecule has 0 radical (unpaired) electrons. The molecule has 0 aliphatic heterocycles. The van der Waals surface area contributed by atoms with Crippen molar-refractivity contribution in [2.45, 2.75) is 25.1 Å². The number of carbonyl (C=O) groups excluding carboxylic acids is 2. The quantitative estimate of drug-likeness (QED) is 0.568. The topological polar surface area (TPSA) is 34.1 Å². The number of carbonyl (C=O) groups is 2. The van der Waals surface area contributed by atoms with Gasteiger partial charge in [-0.2, -0.15) is 8.78 Å². The number of Topliss-reactive ketones (excluding diaryl/α,β-unsaturated/α-hetero) is 2. The second-order valence-electron chi connectivity index (χ2n) is 1.97. The second-order valence-corrected chi connectivity index (χ2v) is 2.96. The average molecular weight is 267 g/mol. The van der Waals surface area contributed by atoms with Crippen LogP contribution in [0.25, 0.3) is 0 Å². The first-order valence-electron chi connectivity index (χ1n) is 2.95. The van der Waals surface area contributed by atoms with Crippen LogP contribution < -0.4 is 0 Å². The Morgan fingerprint density at radius 3 is 1.38 bits per heavy atom. The van der Waals surface area contributed by atoms with E-state index in [1.807, 2.05) is 15.9 Å². The van der Waals surface area contributed by atoms with Gasteiger partial charge in [0.05, 0.1) is 0 Å². The van der Waals surface area contributed by atoms with Crippen LogP contribution in [-0.4, -0.2) is 22.8 Å². The molecule has 2 nitrogen and oxygen atoms in total.